The predicted molar refractivity (Wildman–Crippen MR) is 85.3 cm³/mol. The number of carbonyl (C=O) groups is 1. The minimum absolute atomic E-state index is 0.324. The molecule has 0 saturated heterocycles. The number of rotatable bonds is 12. The van der Waals surface area contributed by atoms with Gasteiger partial charge in [0.15, 0.2) is 0 Å². The molecular weight excluding hydrogens is 304 g/mol. The van der Waals surface area contributed by atoms with Crippen molar-refractivity contribution in [1.29, 1.82) is 0 Å². The van der Waals surface area contributed by atoms with E-state index in [1.165, 1.54) is 4.90 Å². The van der Waals surface area contributed by atoms with Crippen molar-refractivity contribution in [3.05, 3.63) is 10.4 Å². The molecule has 0 aromatic carbocycles. The van der Waals surface area contributed by atoms with E-state index in [0.717, 1.165) is 0 Å². The molecule has 0 aliphatic rings. The van der Waals surface area contributed by atoms with Crippen molar-refractivity contribution in [3.63, 3.8) is 0 Å². The summed E-state index contributed by atoms with van der Waals surface area (Å²) in [4.78, 5) is 15.8. The van der Waals surface area contributed by atoms with Crippen LogP contribution in [0.25, 0.3) is 10.4 Å². The normalized spacial score (nSPS) is 11.0. The maximum Gasteiger partial charge on any atom is 0.410 e. The van der Waals surface area contributed by atoms with Crippen molar-refractivity contribution < 1.29 is 23.7 Å². The van der Waals surface area contributed by atoms with Gasteiger partial charge in [-0.25, -0.2) is 4.79 Å². The van der Waals surface area contributed by atoms with E-state index in [2.05, 4.69) is 10.0 Å². The average molecular weight is 332 g/mol. The molecule has 0 rings (SSSR count). The van der Waals surface area contributed by atoms with Gasteiger partial charge < -0.3 is 23.8 Å². The van der Waals surface area contributed by atoms with E-state index >= 15 is 0 Å². The van der Waals surface area contributed by atoms with Crippen LogP contribution in [-0.2, 0) is 18.9 Å². The zero-order chi connectivity index (χ0) is 17.6. The van der Waals surface area contributed by atoms with Gasteiger partial charge in [-0.05, 0) is 26.3 Å². The molecule has 0 unspecified atom stereocenters. The van der Waals surface area contributed by atoms with E-state index in [4.69, 9.17) is 24.5 Å². The molecule has 0 spiro atoms. The van der Waals surface area contributed by atoms with Crippen molar-refractivity contribution in [2.75, 3.05) is 59.8 Å². The molecule has 0 aromatic rings. The van der Waals surface area contributed by atoms with Gasteiger partial charge in [-0.1, -0.05) is 5.11 Å². The first-order chi connectivity index (χ1) is 10.9. The van der Waals surface area contributed by atoms with Gasteiger partial charge in [-0.15, -0.1) is 0 Å². The number of likely N-dealkylation sites (N-methyl/N-ethyl adjacent to an activating group) is 1. The molecule has 0 aromatic heterocycles. The number of hydrogen-bond donors (Lipinski definition) is 0. The van der Waals surface area contributed by atoms with Crippen molar-refractivity contribution in [2.45, 2.75) is 26.4 Å². The van der Waals surface area contributed by atoms with E-state index in [0.29, 0.717) is 52.7 Å². The van der Waals surface area contributed by atoms with Crippen LogP contribution in [0.15, 0.2) is 5.11 Å². The predicted octanol–water partition coefficient (Wildman–Crippen LogP) is 2.21. The third kappa shape index (κ3) is 15.1. The molecule has 0 bridgehead atoms. The Bertz CT molecular complexity index is 367. The third-order valence-electron chi connectivity index (χ3n) is 2.42. The highest BCUT2D eigenvalue weighted by molar-refractivity contribution is 5.67. The zero-order valence-corrected chi connectivity index (χ0v) is 14.5. The van der Waals surface area contributed by atoms with Gasteiger partial charge >= 0.3 is 6.09 Å². The fourth-order valence-corrected chi connectivity index (χ4v) is 1.32. The number of nitrogens with zero attached hydrogens (tertiary/aromatic N) is 4. The molecule has 0 heterocycles. The Balaban J connectivity index is 3.39. The van der Waals surface area contributed by atoms with E-state index < -0.39 is 5.60 Å². The molecule has 0 N–H and O–H groups in total. The third-order valence-corrected chi connectivity index (χ3v) is 2.42. The van der Waals surface area contributed by atoms with Crippen LogP contribution in [0.3, 0.4) is 0 Å². The summed E-state index contributed by atoms with van der Waals surface area (Å²) in [7, 11) is 1.67. The molecule has 23 heavy (non-hydrogen) atoms. The van der Waals surface area contributed by atoms with Crippen molar-refractivity contribution in [3.8, 4) is 0 Å². The van der Waals surface area contributed by atoms with Crippen LogP contribution >= 0.6 is 0 Å². The summed E-state index contributed by atoms with van der Waals surface area (Å²) >= 11 is 0. The highest BCUT2D eigenvalue weighted by Crippen LogP contribution is 2.08. The molecule has 0 fully saturated rings. The maximum absolute atomic E-state index is 11.7. The lowest BCUT2D eigenvalue weighted by Crippen LogP contribution is -2.36. The lowest BCUT2D eigenvalue weighted by molar-refractivity contribution is 0.00557. The van der Waals surface area contributed by atoms with Gasteiger partial charge in [0.2, 0.25) is 0 Å². The second-order valence-electron chi connectivity index (χ2n) is 5.69. The van der Waals surface area contributed by atoms with Crippen LogP contribution in [0.5, 0.6) is 0 Å². The minimum atomic E-state index is -0.497. The molecular formula is C14H28N4O5. The summed E-state index contributed by atoms with van der Waals surface area (Å²) in [6.45, 7) is 8.87. The van der Waals surface area contributed by atoms with Gasteiger partial charge in [-0.2, -0.15) is 0 Å². The van der Waals surface area contributed by atoms with E-state index in [-0.39, 0.29) is 6.09 Å². The highest BCUT2D eigenvalue weighted by atomic mass is 16.6. The molecule has 0 aliphatic heterocycles. The Morgan fingerprint density at radius 2 is 1.57 bits per heavy atom. The zero-order valence-electron chi connectivity index (χ0n) is 14.5. The highest BCUT2D eigenvalue weighted by Gasteiger charge is 2.19. The van der Waals surface area contributed by atoms with Crippen LogP contribution in [0.2, 0.25) is 0 Å². The largest absolute Gasteiger partial charge is 0.444 e. The fourth-order valence-electron chi connectivity index (χ4n) is 1.32. The van der Waals surface area contributed by atoms with Crippen LogP contribution in [0.1, 0.15) is 20.8 Å². The summed E-state index contributed by atoms with van der Waals surface area (Å²) in [5.41, 5.74) is 7.56. The summed E-state index contributed by atoms with van der Waals surface area (Å²) in [6, 6.07) is 0. The Hall–Kier alpha value is -1.54. The maximum atomic E-state index is 11.7. The molecule has 9 heteroatoms. The van der Waals surface area contributed by atoms with Gasteiger partial charge in [-0.3, -0.25) is 0 Å². The average Bonchev–Trinajstić information content (AvgIpc) is 2.46. The summed E-state index contributed by atoms with van der Waals surface area (Å²) in [5, 5.41) is 3.34. The second-order valence-corrected chi connectivity index (χ2v) is 5.69. The van der Waals surface area contributed by atoms with E-state index in [1.54, 1.807) is 7.05 Å². The van der Waals surface area contributed by atoms with E-state index in [9.17, 15) is 4.79 Å². The quantitative estimate of drug-likeness (QED) is 0.236. The molecule has 1 amide bonds. The fraction of sp³-hybridized carbons (Fsp3) is 0.929. The van der Waals surface area contributed by atoms with Crippen LogP contribution in [-0.4, -0.2) is 76.4 Å². The molecule has 0 radical (unpaired) electrons. The molecule has 9 nitrogen and oxygen atoms in total. The summed E-state index contributed by atoms with van der Waals surface area (Å²) < 4.78 is 21.1. The van der Waals surface area contributed by atoms with Crippen LogP contribution in [0, 0.1) is 0 Å². The molecule has 0 aliphatic carbocycles. The summed E-state index contributed by atoms with van der Waals surface area (Å²) in [5.74, 6) is 0. The monoisotopic (exact) mass is 332 g/mol. The first-order valence-electron chi connectivity index (χ1n) is 7.55. The Labute approximate surface area is 137 Å². The lowest BCUT2D eigenvalue weighted by atomic mass is 10.2. The smallest absolute Gasteiger partial charge is 0.410 e. The molecule has 0 saturated carbocycles. The SMILES string of the molecule is CN(CCOCCOCCOCCN=[N+]=[N-])C(=O)OC(C)(C)C. The standard InChI is InChI=1S/C14H28N4O5/c1-14(2,3)23-13(19)18(4)6-8-21-10-12-22-11-9-20-7-5-16-17-15/h5-12H2,1-4H3. The van der Waals surface area contributed by atoms with Crippen molar-refractivity contribution in [2.24, 2.45) is 5.11 Å². The Morgan fingerprint density at radius 1 is 1.04 bits per heavy atom. The van der Waals surface area contributed by atoms with Crippen LogP contribution < -0.4 is 0 Å². The topological polar surface area (TPSA) is 106 Å². The van der Waals surface area contributed by atoms with Crippen molar-refractivity contribution in [1.82, 2.24) is 4.90 Å². The number of hydrogen-bond acceptors (Lipinski definition) is 6. The Morgan fingerprint density at radius 3 is 2.09 bits per heavy atom. The lowest BCUT2D eigenvalue weighted by Gasteiger charge is -2.24. The van der Waals surface area contributed by atoms with Gasteiger partial charge in [0, 0.05) is 25.0 Å². The Kier molecular flexibility index (Phi) is 12.1. The van der Waals surface area contributed by atoms with E-state index in [1.807, 2.05) is 20.8 Å². The number of azide groups is 1. The minimum Gasteiger partial charge on any atom is -0.444 e. The van der Waals surface area contributed by atoms with Gasteiger partial charge in [0.1, 0.15) is 5.60 Å². The first-order valence-corrected chi connectivity index (χ1v) is 7.55. The van der Waals surface area contributed by atoms with Gasteiger partial charge in [0.05, 0.1) is 39.6 Å². The second kappa shape index (κ2) is 13.0. The van der Waals surface area contributed by atoms with Gasteiger partial charge in [0.25, 0.3) is 0 Å². The number of ether oxygens (including phenoxy) is 4. The summed E-state index contributed by atoms with van der Waals surface area (Å²) in [6.07, 6.45) is -0.366. The van der Waals surface area contributed by atoms with Crippen LogP contribution in [0.4, 0.5) is 4.79 Å². The van der Waals surface area contributed by atoms with Crippen molar-refractivity contribution >= 4 is 6.09 Å². The molecule has 0 atom stereocenters. The first kappa shape index (κ1) is 21.5. The number of amides is 1. The number of carbonyl (C=O) groups excluding carboxylic acids is 1. The molecule has 134 valence electrons.